The number of hydrogen-bond donors (Lipinski definition) is 1. The van der Waals surface area contributed by atoms with Crippen LogP contribution in [0.25, 0.3) is 0 Å². The van der Waals surface area contributed by atoms with Crippen LogP contribution in [-0.4, -0.2) is 36.5 Å². The molecule has 3 heteroatoms. The molecule has 2 aliphatic rings. The van der Waals surface area contributed by atoms with E-state index in [1.54, 1.807) is 0 Å². The van der Waals surface area contributed by atoms with Crippen LogP contribution in [0.1, 0.15) is 23.7 Å². The molecular weight excluding hydrogens is 224 g/mol. The third-order valence-electron chi connectivity index (χ3n) is 4.14. The van der Waals surface area contributed by atoms with Crippen LogP contribution in [-0.2, 0) is 0 Å². The number of nitrogens with zero attached hydrogens (tertiary/aromatic N) is 1. The van der Waals surface area contributed by atoms with Gasteiger partial charge in [-0.3, -0.25) is 4.79 Å². The molecule has 0 aromatic heterocycles. The van der Waals surface area contributed by atoms with Crippen molar-refractivity contribution in [3.63, 3.8) is 0 Å². The quantitative estimate of drug-likeness (QED) is 0.875. The summed E-state index contributed by atoms with van der Waals surface area (Å²) >= 11 is 0. The minimum atomic E-state index is 0.0806. The number of carbonyl (C=O) groups excluding carboxylic acids is 1. The Kier molecular flexibility index (Phi) is 3.08. The molecule has 3 atom stereocenters. The van der Waals surface area contributed by atoms with E-state index in [0.29, 0.717) is 17.9 Å². The van der Waals surface area contributed by atoms with Crippen LogP contribution in [0.15, 0.2) is 30.3 Å². The zero-order valence-corrected chi connectivity index (χ0v) is 10.8. The standard InChI is InChI=1S/C15H20N2O/c1-2-8-17-9-12-13(10-17)14(12)16-15(18)11-6-4-3-5-7-11/h3-7,12-14H,2,8-10H2,1H3,(H,16,18)/t12-,13+,14?. The van der Waals surface area contributed by atoms with Gasteiger partial charge in [-0.2, -0.15) is 0 Å². The summed E-state index contributed by atoms with van der Waals surface area (Å²) in [5.41, 5.74) is 0.771. The number of carbonyl (C=O) groups is 1. The van der Waals surface area contributed by atoms with E-state index in [0.717, 1.165) is 18.7 Å². The molecule has 1 unspecified atom stereocenters. The summed E-state index contributed by atoms with van der Waals surface area (Å²) in [5.74, 6) is 1.48. The van der Waals surface area contributed by atoms with Crippen molar-refractivity contribution in [1.29, 1.82) is 0 Å². The van der Waals surface area contributed by atoms with Crippen LogP contribution < -0.4 is 5.32 Å². The molecule has 0 radical (unpaired) electrons. The number of amides is 1. The minimum Gasteiger partial charge on any atom is -0.349 e. The summed E-state index contributed by atoms with van der Waals surface area (Å²) in [7, 11) is 0. The summed E-state index contributed by atoms with van der Waals surface area (Å²) in [6, 6.07) is 9.92. The molecular formula is C15H20N2O. The largest absolute Gasteiger partial charge is 0.349 e. The number of fused-ring (bicyclic) bond motifs is 1. The second-order valence-electron chi connectivity index (χ2n) is 5.45. The molecule has 0 bridgehead atoms. The lowest BCUT2D eigenvalue weighted by atomic mass is 10.2. The molecule has 1 aliphatic carbocycles. The zero-order chi connectivity index (χ0) is 12.5. The fourth-order valence-electron chi connectivity index (χ4n) is 3.15. The van der Waals surface area contributed by atoms with Crippen LogP contribution in [0.3, 0.4) is 0 Å². The molecule has 1 aromatic rings. The molecule has 96 valence electrons. The molecule has 18 heavy (non-hydrogen) atoms. The number of piperidine rings is 1. The van der Waals surface area contributed by atoms with Gasteiger partial charge >= 0.3 is 0 Å². The van der Waals surface area contributed by atoms with E-state index in [9.17, 15) is 4.79 Å². The first-order chi connectivity index (χ1) is 8.79. The molecule has 3 nitrogen and oxygen atoms in total. The van der Waals surface area contributed by atoms with Crippen molar-refractivity contribution >= 4 is 5.91 Å². The van der Waals surface area contributed by atoms with Gasteiger partial charge in [0.25, 0.3) is 5.91 Å². The predicted octanol–water partition coefficient (Wildman–Crippen LogP) is 1.76. The SMILES string of the molecule is CCCN1C[C@@H]2C(NC(=O)c3ccccc3)[C@@H]2C1. The average molecular weight is 244 g/mol. The van der Waals surface area contributed by atoms with Gasteiger partial charge in [0.2, 0.25) is 0 Å². The summed E-state index contributed by atoms with van der Waals surface area (Å²) in [6.07, 6.45) is 1.22. The second kappa shape index (κ2) is 4.73. The normalized spacial score (nSPS) is 29.9. The molecule has 1 N–H and O–H groups in total. The monoisotopic (exact) mass is 244 g/mol. The Morgan fingerprint density at radius 3 is 2.56 bits per heavy atom. The Balaban J connectivity index is 1.51. The van der Waals surface area contributed by atoms with Crippen molar-refractivity contribution in [2.24, 2.45) is 11.8 Å². The summed E-state index contributed by atoms with van der Waals surface area (Å²) < 4.78 is 0. The van der Waals surface area contributed by atoms with Crippen molar-refractivity contribution in [3.05, 3.63) is 35.9 Å². The van der Waals surface area contributed by atoms with Gasteiger partial charge in [0.1, 0.15) is 0 Å². The van der Waals surface area contributed by atoms with E-state index in [1.165, 1.54) is 13.0 Å². The average Bonchev–Trinajstić information content (AvgIpc) is 2.85. The first-order valence-electron chi connectivity index (χ1n) is 6.88. The molecule has 2 fully saturated rings. The smallest absolute Gasteiger partial charge is 0.251 e. The highest BCUT2D eigenvalue weighted by Crippen LogP contribution is 2.45. The number of rotatable bonds is 4. The van der Waals surface area contributed by atoms with Crippen LogP contribution in [0, 0.1) is 11.8 Å². The fraction of sp³-hybridized carbons (Fsp3) is 0.533. The highest BCUT2D eigenvalue weighted by atomic mass is 16.1. The van der Waals surface area contributed by atoms with Crippen molar-refractivity contribution < 1.29 is 4.79 Å². The van der Waals surface area contributed by atoms with Gasteiger partial charge in [0, 0.05) is 24.7 Å². The van der Waals surface area contributed by atoms with Gasteiger partial charge in [-0.05, 0) is 36.9 Å². The minimum absolute atomic E-state index is 0.0806. The predicted molar refractivity (Wildman–Crippen MR) is 71.4 cm³/mol. The maximum Gasteiger partial charge on any atom is 0.251 e. The van der Waals surface area contributed by atoms with Gasteiger partial charge in [-0.15, -0.1) is 0 Å². The molecule has 1 saturated heterocycles. The highest BCUT2D eigenvalue weighted by Gasteiger charge is 2.56. The highest BCUT2D eigenvalue weighted by molar-refractivity contribution is 5.94. The fourth-order valence-corrected chi connectivity index (χ4v) is 3.15. The Morgan fingerprint density at radius 1 is 1.28 bits per heavy atom. The number of hydrogen-bond acceptors (Lipinski definition) is 2. The zero-order valence-electron chi connectivity index (χ0n) is 10.8. The van der Waals surface area contributed by atoms with Gasteiger partial charge in [0.15, 0.2) is 0 Å². The van der Waals surface area contributed by atoms with Crippen molar-refractivity contribution in [2.75, 3.05) is 19.6 Å². The lowest BCUT2D eigenvalue weighted by Crippen LogP contribution is -2.34. The summed E-state index contributed by atoms with van der Waals surface area (Å²) in [5, 5.41) is 3.17. The van der Waals surface area contributed by atoms with Gasteiger partial charge in [-0.25, -0.2) is 0 Å². The Labute approximate surface area is 108 Å². The molecule has 3 rings (SSSR count). The maximum absolute atomic E-state index is 12.0. The first-order valence-corrected chi connectivity index (χ1v) is 6.88. The summed E-state index contributed by atoms with van der Waals surface area (Å²) in [6.45, 7) is 5.75. The van der Waals surface area contributed by atoms with Crippen LogP contribution in [0.5, 0.6) is 0 Å². The maximum atomic E-state index is 12.0. The van der Waals surface area contributed by atoms with Crippen molar-refractivity contribution in [3.8, 4) is 0 Å². The van der Waals surface area contributed by atoms with E-state index in [2.05, 4.69) is 17.1 Å². The van der Waals surface area contributed by atoms with E-state index in [1.807, 2.05) is 30.3 Å². The molecule has 1 aromatic carbocycles. The number of likely N-dealkylation sites (tertiary alicyclic amines) is 1. The summed E-state index contributed by atoms with van der Waals surface area (Å²) in [4.78, 5) is 14.5. The van der Waals surface area contributed by atoms with Gasteiger partial charge in [0.05, 0.1) is 0 Å². The molecule has 1 saturated carbocycles. The Bertz CT molecular complexity index is 419. The van der Waals surface area contributed by atoms with E-state index < -0.39 is 0 Å². The lowest BCUT2D eigenvalue weighted by molar-refractivity contribution is 0.0943. The Morgan fingerprint density at radius 2 is 1.94 bits per heavy atom. The van der Waals surface area contributed by atoms with Crippen LogP contribution in [0.2, 0.25) is 0 Å². The van der Waals surface area contributed by atoms with Crippen LogP contribution >= 0.6 is 0 Å². The lowest BCUT2D eigenvalue weighted by Gasteiger charge is -2.18. The third kappa shape index (κ3) is 2.15. The third-order valence-corrected chi connectivity index (χ3v) is 4.14. The van der Waals surface area contributed by atoms with E-state index >= 15 is 0 Å². The van der Waals surface area contributed by atoms with Crippen molar-refractivity contribution in [1.82, 2.24) is 10.2 Å². The second-order valence-corrected chi connectivity index (χ2v) is 5.45. The topological polar surface area (TPSA) is 32.3 Å². The van der Waals surface area contributed by atoms with E-state index in [4.69, 9.17) is 0 Å². The number of nitrogens with one attached hydrogen (secondary N) is 1. The van der Waals surface area contributed by atoms with Gasteiger partial charge < -0.3 is 10.2 Å². The number of benzene rings is 1. The first kappa shape index (κ1) is 11.7. The molecule has 0 spiro atoms. The van der Waals surface area contributed by atoms with Crippen molar-refractivity contribution in [2.45, 2.75) is 19.4 Å². The molecule has 1 aliphatic heterocycles. The molecule has 1 heterocycles. The molecule has 1 amide bonds. The van der Waals surface area contributed by atoms with E-state index in [-0.39, 0.29) is 5.91 Å². The van der Waals surface area contributed by atoms with Crippen LogP contribution in [0.4, 0.5) is 0 Å². The van der Waals surface area contributed by atoms with Gasteiger partial charge in [-0.1, -0.05) is 25.1 Å². The Hall–Kier alpha value is -1.35.